The van der Waals surface area contributed by atoms with Gasteiger partial charge in [0.1, 0.15) is 5.69 Å². The normalized spacial score (nSPS) is 10.3. The number of nitrogens with two attached hydrogens (primary N) is 1. The number of nitrogens with zero attached hydrogens (tertiary/aromatic N) is 2. The van der Waals surface area contributed by atoms with E-state index in [-0.39, 0.29) is 5.91 Å². The average Bonchev–Trinajstić information content (AvgIpc) is 2.39. The fraction of sp³-hybridized carbons (Fsp3) is 0.500. The summed E-state index contributed by atoms with van der Waals surface area (Å²) in [5, 5.41) is 0. The van der Waals surface area contributed by atoms with E-state index >= 15 is 0 Å². The topological polar surface area (TPSA) is 77.7 Å². The number of hydrogen-bond donors (Lipinski definition) is 1. The van der Waals surface area contributed by atoms with E-state index in [1.807, 2.05) is 0 Å². The van der Waals surface area contributed by atoms with Crippen LogP contribution in [-0.4, -0.2) is 56.3 Å². The molecular formula is C12H19N3O3. The number of aromatic nitrogens is 1. The van der Waals surface area contributed by atoms with Crippen LogP contribution >= 0.6 is 0 Å². The first-order chi connectivity index (χ1) is 8.69. The van der Waals surface area contributed by atoms with E-state index < -0.39 is 0 Å². The molecule has 6 nitrogen and oxygen atoms in total. The number of pyridine rings is 1. The van der Waals surface area contributed by atoms with Crippen molar-refractivity contribution in [1.29, 1.82) is 0 Å². The van der Waals surface area contributed by atoms with Crippen molar-refractivity contribution in [3.8, 4) is 0 Å². The van der Waals surface area contributed by atoms with Gasteiger partial charge in [0.25, 0.3) is 5.91 Å². The highest BCUT2D eigenvalue weighted by atomic mass is 16.5. The lowest BCUT2D eigenvalue weighted by Gasteiger charge is -2.21. The van der Waals surface area contributed by atoms with Crippen molar-refractivity contribution in [2.24, 2.45) is 0 Å². The quantitative estimate of drug-likeness (QED) is 0.761. The molecule has 6 heteroatoms. The Morgan fingerprint density at radius 2 is 1.89 bits per heavy atom. The Labute approximate surface area is 107 Å². The molecule has 0 aliphatic rings. The lowest BCUT2D eigenvalue weighted by Crippen LogP contribution is -2.36. The predicted molar refractivity (Wildman–Crippen MR) is 68.3 cm³/mol. The van der Waals surface area contributed by atoms with Crippen molar-refractivity contribution >= 4 is 11.6 Å². The van der Waals surface area contributed by atoms with Gasteiger partial charge in [0.2, 0.25) is 0 Å². The highest BCUT2D eigenvalue weighted by Crippen LogP contribution is 2.05. The number of amides is 1. The Balaban J connectivity index is 2.70. The molecule has 0 aliphatic carbocycles. The molecule has 1 rings (SSSR count). The minimum absolute atomic E-state index is 0.149. The van der Waals surface area contributed by atoms with Crippen LogP contribution < -0.4 is 5.73 Å². The van der Waals surface area contributed by atoms with E-state index in [1.54, 1.807) is 31.3 Å². The van der Waals surface area contributed by atoms with E-state index in [0.29, 0.717) is 37.7 Å². The van der Waals surface area contributed by atoms with E-state index in [9.17, 15) is 4.79 Å². The third kappa shape index (κ3) is 4.31. The molecule has 0 spiro atoms. The van der Waals surface area contributed by atoms with Gasteiger partial charge >= 0.3 is 0 Å². The minimum Gasteiger partial charge on any atom is -0.397 e. The predicted octanol–water partition coefficient (Wildman–Crippen LogP) is 0.399. The van der Waals surface area contributed by atoms with Crippen LogP contribution in [0.2, 0.25) is 0 Å². The third-order valence-corrected chi connectivity index (χ3v) is 2.42. The average molecular weight is 253 g/mol. The van der Waals surface area contributed by atoms with Gasteiger partial charge in [0.05, 0.1) is 25.1 Å². The smallest absolute Gasteiger partial charge is 0.272 e. The molecule has 0 aliphatic heterocycles. The van der Waals surface area contributed by atoms with Gasteiger partial charge in [-0.05, 0) is 12.1 Å². The van der Waals surface area contributed by atoms with Gasteiger partial charge in [0.15, 0.2) is 0 Å². The van der Waals surface area contributed by atoms with Gasteiger partial charge in [-0.3, -0.25) is 4.79 Å². The number of carbonyl (C=O) groups excluding carboxylic acids is 1. The summed E-state index contributed by atoms with van der Waals surface area (Å²) in [6.07, 6.45) is 1.47. The lowest BCUT2D eigenvalue weighted by molar-refractivity contribution is 0.0622. The van der Waals surface area contributed by atoms with Crippen LogP contribution in [0.3, 0.4) is 0 Å². The Morgan fingerprint density at radius 3 is 2.33 bits per heavy atom. The van der Waals surface area contributed by atoms with Gasteiger partial charge in [-0.15, -0.1) is 0 Å². The van der Waals surface area contributed by atoms with Gasteiger partial charge in [-0.2, -0.15) is 0 Å². The molecule has 0 saturated heterocycles. The first-order valence-corrected chi connectivity index (χ1v) is 5.67. The summed E-state index contributed by atoms with van der Waals surface area (Å²) < 4.78 is 9.96. The molecule has 1 heterocycles. The molecule has 100 valence electrons. The molecule has 18 heavy (non-hydrogen) atoms. The van der Waals surface area contributed by atoms with E-state index in [0.717, 1.165) is 0 Å². The highest BCUT2D eigenvalue weighted by Gasteiger charge is 2.16. The van der Waals surface area contributed by atoms with Crippen LogP contribution in [0.25, 0.3) is 0 Å². The van der Waals surface area contributed by atoms with Crippen molar-refractivity contribution in [1.82, 2.24) is 9.88 Å². The Kier molecular flexibility index (Phi) is 6.10. The first-order valence-electron chi connectivity index (χ1n) is 5.67. The maximum atomic E-state index is 12.2. The molecule has 0 atom stereocenters. The van der Waals surface area contributed by atoms with E-state index in [1.165, 1.54) is 6.20 Å². The monoisotopic (exact) mass is 253 g/mol. The van der Waals surface area contributed by atoms with Crippen LogP contribution in [0, 0.1) is 0 Å². The minimum atomic E-state index is -0.149. The number of ether oxygens (including phenoxy) is 2. The number of methoxy groups -OCH3 is 2. The van der Waals surface area contributed by atoms with Crippen LogP contribution in [0.5, 0.6) is 0 Å². The molecule has 0 bridgehead atoms. The van der Waals surface area contributed by atoms with Crippen LogP contribution in [0.4, 0.5) is 5.69 Å². The number of carbonyl (C=O) groups is 1. The molecule has 0 aromatic carbocycles. The summed E-state index contributed by atoms with van der Waals surface area (Å²) in [6.45, 7) is 1.96. The fourth-order valence-electron chi connectivity index (χ4n) is 1.41. The number of nitrogen functional groups attached to an aromatic ring is 1. The summed E-state index contributed by atoms with van der Waals surface area (Å²) in [7, 11) is 3.20. The summed E-state index contributed by atoms with van der Waals surface area (Å²) in [5.74, 6) is -0.149. The molecule has 1 aromatic heterocycles. The van der Waals surface area contributed by atoms with Crippen LogP contribution in [0.1, 0.15) is 10.5 Å². The molecule has 2 N–H and O–H groups in total. The molecule has 0 unspecified atom stereocenters. The van der Waals surface area contributed by atoms with Crippen molar-refractivity contribution in [2.75, 3.05) is 46.3 Å². The molecule has 0 fully saturated rings. The fourth-order valence-corrected chi connectivity index (χ4v) is 1.41. The number of hydrogen-bond acceptors (Lipinski definition) is 5. The standard InChI is InChI=1S/C12H19N3O3/c1-17-7-5-15(6-8-18-2)12(16)11-4-3-10(13)9-14-11/h3-4,9H,5-8,13H2,1-2H3. The summed E-state index contributed by atoms with van der Waals surface area (Å²) in [4.78, 5) is 17.8. The zero-order chi connectivity index (χ0) is 13.4. The zero-order valence-corrected chi connectivity index (χ0v) is 10.8. The Bertz CT molecular complexity index is 359. The number of anilines is 1. The SMILES string of the molecule is COCCN(CCOC)C(=O)c1ccc(N)cn1. The summed E-state index contributed by atoms with van der Waals surface area (Å²) >= 11 is 0. The van der Waals surface area contributed by atoms with Crippen LogP contribution in [0.15, 0.2) is 18.3 Å². The van der Waals surface area contributed by atoms with Gasteiger partial charge in [-0.25, -0.2) is 4.98 Å². The van der Waals surface area contributed by atoms with Crippen molar-refractivity contribution < 1.29 is 14.3 Å². The first kappa shape index (κ1) is 14.4. The lowest BCUT2D eigenvalue weighted by atomic mass is 10.3. The Morgan fingerprint density at radius 1 is 1.28 bits per heavy atom. The van der Waals surface area contributed by atoms with Gasteiger partial charge in [-0.1, -0.05) is 0 Å². The second-order valence-corrected chi connectivity index (χ2v) is 3.75. The van der Waals surface area contributed by atoms with E-state index in [2.05, 4.69) is 4.98 Å². The van der Waals surface area contributed by atoms with Gasteiger partial charge in [0, 0.05) is 27.3 Å². The molecular weight excluding hydrogens is 234 g/mol. The zero-order valence-electron chi connectivity index (χ0n) is 10.8. The van der Waals surface area contributed by atoms with Gasteiger partial charge < -0.3 is 20.1 Å². The van der Waals surface area contributed by atoms with Crippen molar-refractivity contribution in [2.45, 2.75) is 0 Å². The molecule has 1 aromatic rings. The molecule has 0 saturated carbocycles. The molecule has 0 radical (unpaired) electrons. The summed E-state index contributed by atoms with van der Waals surface area (Å²) in [6, 6.07) is 3.27. The molecule has 1 amide bonds. The van der Waals surface area contributed by atoms with Crippen molar-refractivity contribution in [3.63, 3.8) is 0 Å². The van der Waals surface area contributed by atoms with Crippen LogP contribution in [-0.2, 0) is 9.47 Å². The maximum absolute atomic E-state index is 12.2. The number of rotatable bonds is 7. The highest BCUT2D eigenvalue weighted by molar-refractivity contribution is 5.92. The maximum Gasteiger partial charge on any atom is 0.272 e. The third-order valence-electron chi connectivity index (χ3n) is 2.42. The second-order valence-electron chi connectivity index (χ2n) is 3.75. The van der Waals surface area contributed by atoms with E-state index in [4.69, 9.17) is 15.2 Å². The largest absolute Gasteiger partial charge is 0.397 e. The summed E-state index contributed by atoms with van der Waals surface area (Å²) in [5.41, 5.74) is 6.44. The van der Waals surface area contributed by atoms with Crippen molar-refractivity contribution in [3.05, 3.63) is 24.0 Å². The second kappa shape index (κ2) is 7.62. The Hall–Kier alpha value is -1.66.